The fourth-order valence-electron chi connectivity index (χ4n) is 2.41. The third kappa shape index (κ3) is 4.98. The predicted octanol–water partition coefficient (Wildman–Crippen LogP) is 2.74. The number of aromatic nitrogens is 5. The Bertz CT molecular complexity index is 811. The van der Waals surface area contributed by atoms with Gasteiger partial charge < -0.3 is 0 Å². The van der Waals surface area contributed by atoms with Crippen LogP contribution in [0.15, 0.2) is 60.8 Å². The van der Waals surface area contributed by atoms with E-state index >= 15 is 0 Å². The number of H-pyrrole nitrogens is 2. The molecule has 0 saturated heterocycles. The molecule has 26 heavy (non-hydrogen) atoms. The second-order valence-corrected chi connectivity index (χ2v) is 5.32. The minimum absolute atomic E-state index is 0. The molecule has 0 spiro atoms. The van der Waals surface area contributed by atoms with Crippen molar-refractivity contribution in [1.29, 1.82) is 0 Å². The maximum absolute atomic E-state index is 11.3. The zero-order valence-electron chi connectivity index (χ0n) is 13.6. The zero-order valence-corrected chi connectivity index (χ0v) is 14.8. The minimum atomic E-state index is -0.406. The van der Waals surface area contributed by atoms with E-state index in [1.165, 1.54) is 6.20 Å². The van der Waals surface area contributed by atoms with E-state index in [2.05, 4.69) is 25.6 Å². The van der Waals surface area contributed by atoms with Crippen LogP contribution >= 0.6 is 0 Å². The number of rotatable bonds is 5. The maximum Gasteiger partial charge on any atom is 2.00 e. The summed E-state index contributed by atoms with van der Waals surface area (Å²) in [5.41, 5.74) is 2.50. The van der Waals surface area contributed by atoms with Crippen LogP contribution in [0.4, 0.5) is 5.69 Å². The number of aromatic amines is 2. The van der Waals surface area contributed by atoms with Crippen molar-refractivity contribution in [3.8, 4) is 0 Å². The first-order valence-electron chi connectivity index (χ1n) is 7.66. The smallest absolute Gasteiger partial charge is 0.275 e. The van der Waals surface area contributed by atoms with Gasteiger partial charge in [0.1, 0.15) is 11.4 Å². The molecule has 2 N–H and O–H groups in total. The molecule has 4 aromatic rings. The average Bonchev–Trinajstić information content (AvgIpc) is 3.39. The fraction of sp³-hybridized carbons (Fsp3) is 0.118. The van der Waals surface area contributed by atoms with Gasteiger partial charge in [-0.15, -0.1) is 0 Å². The number of nitrogens with zero attached hydrogens (tertiary/aromatic N) is 4. The first-order chi connectivity index (χ1) is 12.2. The molecule has 4 rings (SSSR count). The summed E-state index contributed by atoms with van der Waals surface area (Å²) in [6, 6.07) is 17.6. The molecule has 0 unspecified atom stereocenters. The molecule has 0 atom stereocenters. The Labute approximate surface area is 160 Å². The van der Waals surface area contributed by atoms with E-state index in [4.69, 9.17) is 0 Å². The zero-order chi connectivity index (χ0) is 17.5. The first-order valence-corrected chi connectivity index (χ1v) is 7.66. The normalized spacial score (nSPS) is 9.85. The van der Waals surface area contributed by atoms with Crippen molar-refractivity contribution < 1.29 is 22.0 Å². The fourth-order valence-corrected chi connectivity index (χ4v) is 2.41. The van der Waals surface area contributed by atoms with Crippen molar-refractivity contribution in [2.75, 3.05) is 0 Å². The van der Waals surface area contributed by atoms with Crippen LogP contribution in [0.5, 0.6) is 0 Å². The van der Waals surface area contributed by atoms with E-state index in [0.717, 1.165) is 5.56 Å². The molecule has 2 aromatic carbocycles. The quantitative estimate of drug-likeness (QED) is 0.235. The SMILES string of the molecule is O=[N+]([O-])c1c(C[c-]2cccc2)n[nH]c1Cc1cn[nH]n1.[Fe+2].c1cc[cH-]c1. The third-order valence-electron chi connectivity index (χ3n) is 3.55. The molecule has 2 heterocycles. The van der Waals surface area contributed by atoms with Crippen molar-refractivity contribution in [3.05, 3.63) is 93.6 Å². The number of nitro groups is 1. The Hall–Kier alpha value is -3.03. The molecule has 0 bridgehead atoms. The van der Waals surface area contributed by atoms with Crippen LogP contribution in [-0.4, -0.2) is 30.5 Å². The second-order valence-electron chi connectivity index (χ2n) is 5.32. The van der Waals surface area contributed by atoms with Gasteiger partial charge >= 0.3 is 22.8 Å². The van der Waals surface area contributed by atoms with E-state index in [0.29, 0.717) is 29.9 Å². The summed E-state index contributed by atoms with van der Waals surface area (Å²) in [5, 5.41) is 28.1. The molecule has 0 amide bonds. The summed E-state index contributed by atoms with van der Waals surface area (Å²) in [6.45, 7) is 0. The summed E-state index contributed by atoms with van der Waals surface area (Å²) in [5.74, 6) is 0. The molecule has 8 nitrogen and oxygen atoms in total. The first kappa shape index (κ1) is 19.3. The van der Waals surface area contributed by atoms with Crippen LogP contribution in [0.25, 0.3) is 0 Å². The largest absolute Gasteiger partial charge is 2.00 e. The molecule has 0 saturated carbocycles. The van der Waals surface area contributed by atoms with E-state index in [1.54, 1.807) is 0 Å². The molecule has 134 valence electrons. The van der Waals surface area contributed by atoms with Crippen LogP contribution < -0.4 is 0 Å². The predicted molar refractivity (Wildman–Crippen MR) is 91.3 cm³/mol. The summed E-state index contributed by atoms with van der Waals surface area (Å²) in [7, 11) is 0. The van der Waals surface area contributed by atoms with Gasteiger partial charge in [-0.05, 0) is 6.42 Å². The Morgan fingerprint density at radius 3 is 2.42 bits per heavy atom. The van der Waals surface area contributed by atoms with Gasteiger partial charge in [0.05, 0.1) is 16.8 Å². The van der Waals surface area contributed by atoms with Crippen molar-refractivity contribution in [1.82, 2.24) is 25.6 Å². The molecular weight excluding hydrogens is 376 g/mol. The number of hydrogen-bond donors (Lipinski definition) is 2. The molecule has 2 aromatic heterocycles. The van der Waals surface area contributed by atoms with Gasteiger partial charge in [-0.3, -0.25) is 15.2 Å². The molecule has 9 heteroatoms. The Morgan fingerprint density at radius 2 is 1.88 bits per heavy atom. The number of hydrogen-bond acceptors (Lipinski definition) is 5. The molecule has 0 fully saturated rings. The van der Waals surface area contributed by atoms with Gasteiger partial charge in [-0.25, -0.2) is 24.3 Å². The van der Waals surface area contributed by atoms with Crippen molar-refractivity contribution >= 4 is 5.69 Å². The van der Waals surface area contributed by atoms with Crippen LogP contribution in [0.2, 0.25) is 0 Å². The van der Waals surface area contributed by atoms with E-state index in [-0.39, 0.29) is 22.8 Å². The Morgan fingerprint density at radius 1 is 1.15 bits per heavy atom. The van der Waals surface area contributed by atoms with Crippen molar-refractivity contribution in [3.63, 3.8) is 0 Å². The Kier molecular flexibility index (Phi) is 7.01. The molecule has 0 aliphatic rings. The second kappa shape index (κ2) is 9.45. The molecule has 0 aliphatic heterocycles. The summed E-state index contributed by atoms with van der Waals surface area (Å²) in [4.78, 5) is 10.9. The number of nitrogens with one attached hydrogen (secondary N) is 2. The maximum atomic E-state index is 11.3. The van der Waals surface area contributed by atoms with E-state index < -0.39 is 4.92 Å². The van der Waals surface area contributed by atoms with Gasteiger partial charge in [0, 0.05) is 6.42 Å². The van der Waals surface area contributed by atoms with Crippen LogP contribution in [-0.2, 0) is 29.9 Å². The van der Waals surface area contributed by atoms with Crippen LogP contribution in [0.3, 0.4) is 0 Å². The molecular formula is C17H16FeN6O2. The summed E-state index contributed by atoms with van der Waals surface area (Å²) in [6.07, 6.45) is 2.25. The van der Waals surface area contributed by atoms with Crippen LogP contribution in [0.1, 0.15) is 22.6 Å². The van der Waals surface area contributed by atoms with Crippen LogP contribution in [0, 0.1) is 10.1 Å². The minimum Gasteiger partial charge on any atom is -0.275 e. The van der Waals surface area contributed by atoms with E-state index in [9.17, 15) is 10.1 Å². The van der Waals surface area contributed by atoms with Gasteiger partial charge in [0.15, 0.2) is 0 Å². The van der Waals surface area contributed by atoms with Crippen molar-refractivity contribution in [2.24, 2.45) is 0 Å². The van der Waals surface area contributed by atoms with Gasteiger partial charge in [0.25, 0.3) is 0 Å². The van der Waals surface area contributed by atoms with Gasteiger partial charge in [0.2, 0.25) is 0 Å². The van der Waals surface area contributed by atoms with Crippen molar-refractivity contribution in [2.45, 2.75) is 12.8 Å². The topological polar surface area (TPSA) is 113 Å². The Balaban J connectivity index is 0.000000351. The monoisotopic (exact) mass is 392 g/mol. The molecule has 0 radical (unpaired) electrons. The average molecular weight is 392 g/mol. The standard InChI is InChI=1S/C12H11N6O2.C5H5.Fe/c19-18(20)12-10(5-8-3-1-2-4-8)15-16-11(12)6-9-7-13-17-14-9;1-2-4-5-3-1;/h1-4,7H,5-6H2,(H,15,16)(H,13,14,17);1-5H;/q2*-1;+2. The van der Waals surface area contributed by atoms with E-state index in [1.807, 2.05) is 54.6 Å². The molecule has 0 aliphatic carbocycles. The van der Waals surface area contributed by atoms with Gasteiger partial charge in [-0.1, -0.05) is 0 Å². The third-order valence-corrected chi connectivity index (χ3v) is 3.55. The summed E-state index contributed by atoms with van der Waals surface area (Å²) < 4.78 is 0. The summed E-state index contributed by atoms with van der Waals surface area (Å²) >= 11 is 0. The van der Waals surface area contributed by atoms with Gasteiger partial charge in [-0.2, -0.15) is 56.4 Å².